The maximum Gasteiger partial charge on any atom is -0.0809 e. The van der Waals surface area contributed by atoms with Crippen LogP contribution < -0.4 is 0 Å². The van der Waals surface area contributed by atoms with E-state index in [4.69, 9.17) is 0 Å². The van der Waals surface area contributed by atoms with Crippen molar-refractivity contribution < 1.29 is 24.2 Å². The fourth-order valence-electron chi connectivity index (χ4n) is 5.08. The van der Waals surface area contributed by atoms with Crippen molar-refractivity contribution in [1.82, 2.24) is 0 Å². The second-order valence-corrected chi connectivity index (χ2v) is 14.4. The Labute approximate surface area is 240 Å². The molecule has 0 atom stereocenters. The number of hydrogen-bond acceptors (Lipinski definition) is 0. The molecule has 190 valence electrons. The SMILES string of the molecule is CC(C)(C)c1[c-]c2c(cc1)-c1ccc(C(C)(C)C)cc1C2.[Zr+2]=[C]1CCCCC1.c1ccc2[cH-]ccc2c1. The van der Waals surface area contributed by atoms with Gasteiger partial charge in [-0.25, -0.2) is 0 Å². The van der Waals surface area contributed by atoms with Crippen LogP contribution in [0.4, 0.5) is 0 Å². The van der Waals surface area contributed by atoms with Gasteiger partial charge in [0.15, 0.2) is 0 Å². The van der Waals surface area contributed by atoms with Crippen molar-refractivity contribution in [2.75, 3.05) is 0 Å². The molecule has 4 aromatic rings. The number of fused-ring (bicyclic) bond motifs is 4. The third-order valence-electron chi connectivity index (χ3n) is 7.47. The zero-order chi connectivity index (χ0) is 26.6. The van der Waals surface area contributed by atoms with Crippen LogP contribution in [-0.4, -0.2) is 3.21 Å². The second kappa shape index (κ2) is 11.8. The smallest absolute Gasteiger partial charge is 0.0809 e. The van der Waals surface area contributed by atoms with E-state index in [0.29, 0.717) is 0 Å². The normalized spacial score (nSPS) is 14.8. The largest absolute Gasteiger partial charge is 0.168 e. The van der Waals surface area contributed by atoms with E-state index in [1.54, 1.807) is 27.4 Å². The van der Waals surface area contributed by atoms with E-state index < -0.39 is 0 Å². The molecule has 4 aromatic carbocycles. The van der Waals surface area contributed by atoms with E-state index in [-0.39, 0.29) is 10.8 Å². The first-order valence-corrected chi connectivity index (χ1v) is 15.1. The van der Waals surface area contributed by atoms with Gasteiger partial charge in [0, 0.05) is 0 Å². The van der Waals surface area contributed by atoms with Crippen LogP contribution in [-0.2, 0) is 41.5 Å². The second-order valence-electron chi connectivity index (χ2n) is 12.6. The molecule has 1 heteroatoms. The van der Waals surface area contributed by atoms with E-state index in [9.17, 15) is 0 Å². The molecule has 0 aromatic heterocycles. The maximum absolute atomic E-state index is 3.67. The van der Waals surface area contributed by atoms with Crippen LogP contribution in [0, 0.1) is 6.07 Å². The predicted octanol–water partition coefficient (Wildman–Crippen LogP) is 9.88. The van der Waals surface area contributed by atoms with Gasteiger partial charge in [0.25, 0.3) is 0 Å². The fourth-order valence-corrected chi connectivity index (χ4v) is 5.95. The predicted molar refractivity (Wildman–Crippen MR) is 159 cm³/mol. The van der Waals surface area contributed by atoms with E-state index >= 15 is 0 Å². The van der Waals surface area contributed by atoms with Crippen molar-refractivity contribution in [3.63, 3.8) is 0 Å². The average Bonchev–Trinajstić information content (AvgIpc) is 3.48. The topological polar surface area (TPSA) is 0 Å². The first-order valence-electron chi connectivity index (χ1n) is 13.9. The molecule has 0 bridgehead atoms. The van der Waals surface area contributed by atoms with Crippen LogP contribution in [0.15, 0.2) is 72.8 Å². The summed E-state index contributed by atoms with van der Waals surface area (Å²) in [5, 5.41) is 2.66. The van der Waals surface area contributed by atoms with Gasteiger partial charge in [-0.05, 0) is 28.4 Å². The number of rotatable bonds is 0. The summed E-state index contributed by atoms with van der Waals surface area (Å²) in [4.78, 5) is 0. The molecule has 0 radical (unpaired) electrons. The molecule has 1 fully saturated rings. The van der Waals surface area contributed by atoms with E-state index in [0.717, 1.165) is 6.42 Å². The van der Waals surface area contributed by atoms with Gasteiger partial charge in [0.2, 0.25) is 0 Å². The monoisotopic (exact) mass is 564 g/mol. The molecular weight excluding hydrogens is 524 g/mol. The molecule has 1 saturated carbocycles. The zero-order valence-electron chi connectivity index (χ0n) is 23.7. The fraction of sp³-hybridized carbons (Fsp3) is 0.389. The van der Waals surface area contributed by atoms with Gasteiger partial charge in [-0.15, -0.1) is 40.8 Å². The summed E-state index contributed by atoms with van der Waals surface area (Å²) in [5.41, 5.74) is 8.70. The molecule has 0 saturated heterocycles. The molecule has 2 aliphatic carbocycles. The number of benzene rings is 3. The molecule has 6 rings (SSSR count). The van der Waals surface area contributed by atoms with E-state index in [1.807, 2.05) is 0 Å². The van der Waals surface area contributed by atoms with Crippen LogP contribution >= 0.6 is 0 Å². The first-order chi connectivity index (χ1) is 17.5. The Morgan fingerprint density at radius 3 is 2.08 bits per heavy atom. The summed E-state index contributed by atoms with van der Waals surface area (Å²) in [6, 6.07) is 29.8. The molecule has 0 spiro atoms. The van der Waals surface area contributed by atoms with Gasteiger partial charge in [0.05, 0.1) is 0 Å². The third-order valence-corrected chi connectivity index (χ3v) is 8.70. The van der Waals surface area contributed by atoms with Gasteiger partial charge < -0.3 is 0 Å². The summed E-state index contributed by atoms with van der Waals surface area (Å²) in [5.74, 6) is 0. The maximum atomic E-state index is 3.67. The summed E-state index contributed by atoms with van der Waals surface area (Å²) >= 11 is 1.69. The van der Waals surface area contributed by atoms with Crippen molar-refractivity contribution in [2.45, 2.75) is 90.9 Å². The zero-order valence-corrected chi connectivity index (χ0v) is 26.1. The Kier molecular flexibility index (Phi) is 8.96. The molecule has 0 aliphatic heterocycles. The van der Waals surface area contributed by atoms with Gasteiger partial charge in [-0.1, -0.05) is 71.4 Å². The molecule has 0 unspecified atom stereocenters. The van der Waals surface area contributed by atoms with Crippen LogP contribution in [0.5, 0.6) is 0 Å². The Bertz CT molecular complexity index is 1250. The summed E-state index contributed by atoms with van der Waals surface area (Å²) in [6.45, 7) is 13.6. The minimum absolute atomic E-state index is 0.167. The minimum Gasteiger partial charge on any atom is -0.168 e. The summed E-state index contributed by atoms with van der Waals surface area (Å²) in [6.07, 6.45) is 8.34. The van der Waals surface area contributed by atoms with Crippen LogP contribution in [0.2, 0.25) is 0 Å². The first kappa shape index (κ1) is 28.0. The summed E-state index contributed by atoms with van der Waals surface area (Å²) < 4.78 is 1.80. The van der Waals surface area contributed by atoms with Crippen molar-refractivity contribution in [3.05, 3.63) is 101 Å². The van der Waals surface area contributed by atoms with Crippen molar-refractivity contribution in [1.29, 1.82) is 0 Å². The van der Waals surface area contributed by atoms with Gasteiger partial charge in [0.1, 0.15) is 0 Å². The van der Waals surface area contributed by atoms with Crippen LogP contribution in [0.25, 0.3) is 21.9 Å². The average molecular weight is 566 g/mol. The summed E-state index contributed by atoms with van der Waals surface area (Å²) in [7, 11) is 0. The Morgan fingerprint density at radius 1 is 0.757 bits per heavy atom. The van der Waals surface area contributed by atoms with Crippen molar-refractivity contribution in [2.24, 2.45) is 0 Å². The standard InChI is InChI=1S/C21H25.C9H7.C6H10.Zr/c1-20(2,3)16-7-9-18-14(12-16)11-15-13-17(21(4,5)6)8-10-19(15)18;1-2-5-9-7-3-6-8(9)4-1;1-2-4-6-5-3-1;/h7-10,12H,11H2,1-6H3;1-7H;1-5H2;/q2*-1;;+2. The molecule has 2 aliphatic rings. The van der Waals surface area contributed by atoms with E-state index in [2.05, 4.69) is 120 Å². The van der Waals surface area contributed by atoms with Gasteiger partial charge >= 0.3 is 59.5 Å². The Morgan fingerprint density at radius 2 is 1.46 bits per heavy atom. The van der Waals surface area contributed by atoms with Crippen molar-refractivity contribution >= 4 is 14.0 Å². The number of hydrogen-bond donors (Lipinski definition) is 0. The van der Waals surface area contributed by atoms with Gasteiger partial charge in [-0.3, -0.25) is 0 Å². The quantitative estimate of drug-likeness (QED) is 0.164. The van der Waals surface area contributed by atoms with Crippen LogP contribution in [0.3, 0.4) is 0 Å². The minimum atomic E-state index is 0.167. The molecule has 37 heavy (non-hydrogen) atoms. The van der Waals surface area contributed by atoms with Crippen molar-refractivity contribution in [3.8, 4) is 11.1 Å². The van der Waals surface area contributed by atoms with E-state index in [1.165, 1.54) is 76.3 Å². The molecule has 0 heterocycles. The van der Waals surface area contributed by atoms with Crippen LogP contribution in [0.1, 0.15) is 95.9 Å². The molecule has 0 nitrogen and oxygen atoms in total. The Hall–Kier alpha value is -1.98. The van der Waals surface area contributed by atoms with Gasteiger partial charge in [-0.2, -0.15) is 41.3 Å². The molecular formula is C36H42Zr. The molecule has 0 N–H and O–H groups in total. The Balaban J connectivity index is 0.000000162. The molecule has 0 amide bonds. The third kappa shape index (κ3) is 7.32.